The molecule has 0 spiro atoms. The summed E-state index contributed by atoms with van der Waals surface area (Å²) in [7, 11) is 1.47. The maximum atomic E-state index is 13.6. The van der Waals surface area contributed by atoms with E-state index in [1.54, 1.807) is 24.5 Å². The van der Waals surface area contributed by atoms with E-state index in [4.69, 9.17) is 0 Å². The van der Waals surface area contributed by atoms with Crippen molar-refractivity contribution in [3.8, 4) is 16.9 Å². The van der Waals surface area contributed by atoms with Gasteiger partial charge < -0.3 is 15.3 Å². The molecule has 2 aliphatic heterocycles. The summed E-state index contributed by atoms with van der Waals surface area (Å²) in [5, 5.41) is 12.9. The molecule has 194 valence electrons. The number of phenolic OH excluding ortho intramolecular Hbond substituents is 1. The number of amides is 3. The van der Waals surface area contributed by atoms with Crippen LogP contribution in [0.2, 0.25) is 0 Å². The summed E-state index contributed by atoms with van der Waals surface area (Å²) in [5.41, 5.74) is 2.99. The minimum atomic E-state index is -0.452. The minimum absolute atomic E-state index is 0.133. The number of likely N-dealkylation sites (N-methyl/N-ethyl adjacent to an activating group) is 1. The van der Waals surface area contributed by atoms with Gasteiger partial charge in [0.2, 0.25) is 0 Å². The van der Waals surface area contributed by atoms with E-state index in [0.717, 1.165) is 11.1 Å². The number of carbonyl (C=O) groups is 3. The maximum absolute atomic E-state index is 13.6. The number of hydrogen-bond donors (Lipinski definition) is 2. The van der Waals surface area contributed by atoms with Crippen LogP contribution >= 0.6 is 0 Å². The summed E-state index contributed by atoms with van der Waals surface area (Å²) in [5.74, 6) is -1.68. The second-order valence-electron chi connectivity index (χ2n) is 9.31. The molecule has 2 aliphatic rings. The van der Waals surface area contributed by atoms with Crippen LogP contribution in [0.5, 0.6) is 5.75 Å². The first-order valence-corrected chi connectivity index (χ1v) is 12.3. The van der Waals surface area contributed by atoms with Gasteiger partial charge in [-0.1, -0.05) is 18.2 Å². The molecule has 9 nitrogen and oxygen atoms in total. The number of aromatic nitrogens is 2. The molecule has 5 rings (SSSR count). The molecule has 0 bridgehead atoms. The number of imide groups is 1. The lowest BCUT2D eigenvalue weighted by Crippen LogP contribution is -2.48. The third kappa shape index (κ3) is 4.84. The molecule has 2 aromatic heterocycles. The number of hydrogen-bond acceptors (Lipinski definition) is 7. The highest BCUT2D eigenvalue weighted by molar-refractivity contribution is 6.19. The molecule has 0 aliphatic carbocycles. The summed E-state index contributed by atoms with van der Waals surface area (Å²) in [4.78, 5) is 49.9. The van der Waals surface area contributed by atoms with Gasteiger partial charge >= 0.3 is 0 Å². The highest BCUT2D eigenvalue weighted by Gasteiger charge is 2.42. The third-order valence-electron chi connectivity index (χ3n) is 6.86. The number of benzene rings is 1. The van der Waals surface area contributed by atoms with E-state index in [-0.39, 0.29) is 29.7 Å². The van der Waals surface area contributed by atoms with Crippen LogP contribution in [0, 0.1) is 5.82 Å². The number of nitrogens with zero attached hydrogens (tertiary/aromatic N) is 4. The summed E-state index contributed by atoms with van der Waals surface area (Å²) >= 11 is 0. The summed E-state index contributed by atoms with van der Waals surface area (Å²) in [6.07, 6.45) is 5.89. The van der Waals surface area contributed by atoms with Gasteiger partial charge in [-0.05, 0) is 37.1 Å². The number of rotatable bonds is 7. The molecule has 1 unspecified atom stereocenters. The van der Waals surface area contributed by atoms with Gasteiger partial charge in [0.05, 0.1) is 17.8 Å². The Kier molecular flexibility index (Phi) is 6.87. The third-order valence-corrected chi connectivity index (χ3v) is 6.86. The first-order valence-electron chi connectivity index (χ1n) is 12.3. The quantitative estimate of drug-likeness (QED) is 0.465. The van der Waals surface area contributed by atoms with Gasteiger partial charge in [-0.2, -0.15) is 0 Å². The molecule has 10 heteroatoms. The monoisotopic (exact) mass is 515 g/mol. The molecule has 3 aromatic rings. The first-order chi connectivity index (χ1) is 18.3. The van der Waals surface area contributed by atoms with E-state index >= 15 is 0 Å². The first kappa shape index (κ1) is 25.1. The molecule has 2 N–H and O–H groups in total. The summed E-state index contributed by atoms with van der Waals surface area (Å²) in [6.45, 7) is 0.683. The Morgan fingerprint density at radius 1 is 1.11 bits per heavy atom. The Balaban J connectivity index is 1.42. The number of phenols is 1. The molecule has 0 saturated heterocycles. The van der Waals surface area contributed by atoms with Crippen molar-refractivity contribution in [3.63, 3.8) is 0 Å². The van der Waals surface area contributed by atoms with Gasteiger partial charge in [-0.15, -0.1) is 0 Å². The summed E-state index contributed by atoms with van der Waals surface area (Å²) < 4.78 is 13.6. The highest BCUT2D eigenvalue weighted by Crippen LogP contribution is 2.32. The Morgan fingerprint density at radius 3 is 2.66 bits per heavy atom. The molecular weight excluding hydrogens is 489 g/mol. The van der Waals surface area contributed by atoms with Gasteiger partial charge in [0.1, 0.15) is 17.3 Å². The van der Waals surface area contributed by atoms with Crippen LogP contribution in [0.3, 0.4) is 0 Å². The van der Waals surface area contributed by atoms with Crippen LogP contribution in [0.4, 0.5) is 4.39 Å². The molecule has 1 aromatic carbocycles. The van der Waals surface area contributed by atoms with Gasteiger partial charge in [-0.3, -0.25) is 29.3 Å². The molecular formula is C28H26FN5O4. The van der Waals surface area contributed by atoms with Crippen molar-refractivity contribution < 1.29 is 23.9 Å². The number of para-hydroxylation sites is 1. The van der Waals surface area contributed by atoms with Crippen molar-refractivity contribution in [1.82, 2.24) is 25.1 Å². The van der Waals surface area contributed by atoms with Crippen LogP contribution in [0.15, 0.2) is 72.3 Å². The fraction of sp³-hybridized carbons (Fsp3) is 0.250. The SMILES string of the molecule is CN1C(=O)C2=C(C1=O)N(C(CNC(=O)c1ccccc1O)Cc1ccc(-c3cncc(F)c3)cn1)CCC2. The van der Waals surface area contributed by atoms with Crippen LogP contribution in [0.25, 0.3) is 11.1 Å². The van der Waals surface area contributed by atoms with E-state index < -0.39 is 17.8 Å². The zero-order valence-corrected chi connectivity index (χ0v) is 20.7. The predicted octanol–water partition coefficient (Wildman–Crippen LogP) is 2.68. The Morgan fingerprint density at radius 2 is 1.92 bits per heavy atom. The van der Waals surface area contributed by atoms with Gasteiger partial charge in [0.25, 0.3) is 17.7 Å². The van der Waals surface area contributed by atoms with Crippen molar-refractivity contribution >= 4 is 17.7 Å². The normalized spacial score (nSPS) is 16.1. The largest absolute Gasteiger partial charge is 0.507 e. The Bertz CT molecular complexity index is 1440. The number of nitrogens with one attached hydrogen (secondary N) is 1. The van der Waals surface area contributed by atoms with Crippen molar-refractivity contribution in [2.45, 2.75) is 25.3 Å². The van der Waals surface area contributed by atoms with Crippen molar-refractivity contribution in [2.75, 3.05) is 20.1 Å². The van der Waals surface area contributed by atoms with Crippen LogP contribution in [-0.2, 0) is 16.0 Å². The molecule has 38 heavy (non-hydrogen) atoms. The predicted molar refractivity (Wildman–Crippen MR) is 136 cm³/mol. The highest BCUT2D eigenvalue weighted by atomic mass is 19.1. The second-order valence-corrected chi connectivity index (χ2v) is 9.31. The van der Waals surface area contributed by atoms with Crippen LogP contribution in [-0.4, -0.2) is 68.8 Å². The van der Waals surface area contributed by atoms with E-state index in [1.807, 2.05) is 17.0 Å². The van der Waals surface area contributed by atoms with E-state index in [0.29, 0.717) is 53.9 Å². The number of aromatic hydroxyl groups is 1. The molecule has 0 fully saturated rings. The van der Waals surface area contributed by atoms with Gasteiger partial charge in [0, 0.05) is 61.3 Å². The minimum Gasteiger partial charge on any atom is -0.507 e. The average Bonchev–Trinajstić information content (AvgIpc) is 3.15. The average molecular weight is 516 g/mol. The maximum Gasteiger partial charge on any atom is 0.277 e. The molecule has 1 atom stereocenters. The molecule has 3 amide bonds. The van der Waals surface area contributed by atoms with Gasteiger partial charge in [-0.25, -0.2) is 4.39 Å². The lowest BCUT2D eigenvalue weighted by molar-refractivity contribution is -0.136. The molecule has 0 saturated carbocycles. The van der Waals surface area contributed by atoms with Crippen molar-refractivity contribution in [1.29, 1.82) is 0 Å². The number of halogens is 1. The Labute approximate surface area is 218 Å². The number of pyridine rings is 2. The molecule has 4 heterocycles. The topological polar surface area (TPSA) is 116 Å². The van der Waals surface area contributed by atoms with Crippen molar-refractivity contribution in [3.05, 3.63) is 89.4 Å². The number of carbonyl (C=O) groups excluding carboxylic acids is 3. The van der Waals surface area contributed by atoms with Crippen LogP contribution < -0.4 is 5.32 Å². The Hall–Kier alpha value is -4.60. The lowest BCUT2D eigenvalue weighted by Gasteiger charge is -2.36. The second kappa shape index (κ2) is 10.4. The van der Waals surface area contributed by atoms with E-state index in [2.05, 4.69) is 15.3 Å². The summed E-state index contributed by atoms with van der Waals surface area (Å²) in [6, 6.07) is 10.9. The fourth-order valence-corrected chi connectivity index (χ4v) is 4.90. The zero-order valence-electron chi connectivity index (χ0n) is 20.7. The standard InChI is InChI=1S/C28H26FN5O4/c1-33-27(37)23-6-4-10-34(25(23)28(33)38)21(16-32-26(36)22-5-2-3-7-24(22)35)12-20-9-8-17(14-31-20)18-11-19(29)15-30-13-18/h2-3,5,7-9,11,13-15,21,35H,4,6,10,12,16H2,1H3,(H,32,36). The smallest absolute Gasteiger partial charge is 0.277 e. The van der Waals surface area contributed by atoms with E-state index in [9.17, 15) is 23.9 Å². The van der Waals surface area contributed by atoms with Gasteiger partial charge in [0.15, 0.2) is 0 Å². The van der Waals surface area contributed by atoms with Crippen LogP contribution in [0.1, 0.15) is 28.9 Å². The van der Waals surface area contributed by atoms with Crippen molar-refractivity contribution in [2.24, 2.45) is 0 Å². The molecule has 0 radical (unpaired) electrons. The van der Waals surface area contributed by atoms with E-state index in [1.165, 1.54) is 25.2 Å². The fourth-order valence-electron chi connectivity index (χ4n) is 4.90. The lowest BCUT2D eigenvalue weighted by atomic mass is 9.99. The zero-order chi connectivity index (χ0) is 26.8.